The zero-order valence-electron chi connectivity index (χ0n) is 19.1. The smallest absolute Gasteiger partial charge is 0.393 e. The molecule has 0 aromatic heterocycles. The summed E-state index contributed by atoms with van der Waals surface area (Å²) in [4.78, 5) is 12.4. The van der Waals surface area contributed by atoms with E-state index in [0.717, 1.165) is 25.3 Å². The van der Waals surface area contributed by atoms with Crippen molar-refractivity contribution >= 4 is 22.7 Å². The molecular weight excluding hydrogens is 358 g/mol. The van der Waals surface area contributed by atoms with Gasteiger partial charge in [-0.15, -0.1) is 0 Å². The van der Waals surface area contributed by atoms with Crippen LogP contribution in [0.2, 0.25) is 35.8 Å². The molecule has 0 fully saturated rings. The first-order valence-corrected chi connectivity index (χ1v) is 15.8. The molecule has 1 N–H and O–H groups in total. The van der Waals surface area contributed by atoms with Gasteiger partial charge in [-0.05, 0) is 55.5 Å². The Morgan fingerprint density at radius 2 is 1.42 bits per heavy atom. The van der Waals surface area contributed by atoms with Crippen molar-refractivity contribution in [3.05, 3.63) is 0 Å². The van der Waals surface area contributed by atoms with E-state index >= 15 is 0 Å². The van der Waals surface area contributed by atoms with Crippen LogP contribution in [0.1, 0.15) is 74.7 Å². The van der Waals surface area contributed by atoms with Gasteiger partial charge in [0.25, 0.3) is 8.32 Å². The van der Waals surface area contributed by atoms with E-state index in [2.05, 4.69) is 73.8 Å². The zero-order valence-corrected chi connectivity index (χ0v) is 21.1. The van der Waals surface area contributed by atoms with Crippen LogP contribution in [0.15, 0.2) is 0 Å². The van der Waals surface area contributed by atoms with Gasteiger partial charge in [-0.3, -0.25) is 0 Å². The molecule has 0 radical (unpaired) electrons. The van der Waals surface area contributed by atoms with Gasteiger partial charge in [0.05, 0.1) is 0 Å². The molecule has 1 atom stereocenters. The molecule has 6 heteroatoms. The molecule has 0 rings (SSSR count). The van der Waals surface area contributed by atoms with E-state index in [-0.39, 0.29) is 6.09 Å². The van der Waals surface area contributed by atoms with E-state index in [1.807, 2.05) is 0 Å². The number of hydrogen-bond acceptors (Lipinski definition) is 3. The molecule has 26 heavy (non-hydrogen) atoms. The summed E-state index contributed by atoms with van der Waals surface area (Å²) in [5, 5.41) is 2.99. The zero-order chi connectivity index (χ0) is 20.5. The fraction of sp³-hybridized carbons (Fsp3) is 0.950. The molecule has 4 nitrogen and oxygen atoms in total. The van der Waals surface area contributed by atoms with Gasteiger partial charge >= 0.3 is 6.09 Å². The summed E-state index contributed by atoms with van der Waals surface area (Å²) in [6.45, 7) is 22.8. The molecule has 0 aliphatic heterocycles. The molecule has 0 aliphatic rings. The molecule has 0 saturated heterocycles. The summed E-state index contributed by atoms with van der Waals surface area (Å²) in [5.41, 5.74) is 1.24. The minimum absolute atomic E-state index is 0.222. The van der Waals surface area contributed by atoms with Crippen molar-refractivity contribution in [2.75, 3.05) is 6.54 Å². The highest BCUT2D eigenvalue weighted by Crippen LogP contribution is 2.42. The molecule has 0 aromatic rings. The van der Waals surface area contributed by atoms with Crippen molar-refractivity contribution in [3.8, 4) is 0 Å². The fourth-order valence-corrected chi connectivity index (χ4v) is 11.7. The maximum Gasteiger partial charge on any atom is 0.393 e. The molecular formula is C20H45NO3Si2. The van der Waals surface area contributed by atoms with Gasteiger partial charge in [-0.1, -0.05) is 54.9 Å². The summed E-state index contributed by atoms with van der Waals surface area (Å²) >= 11 is 0. The Morgan fingerprint density at radius 1 is 0.923 bits per heavy atom. The van der Waals surface area contributed by atoms with Crippen molar-refractivity contribution < 1.29 is 13.6 Å². The van der Waals surface area contributed by atoms with Gasteiger partial charge < -0.3 is 14.2 Å². The Hall–Kier alpha value is -0.336. The minimum Gasteiger partial charge on any atom is -0.503 e. The summed E-state index contributed by atoms with van der Waals surface area (Å²) in [6, 6.07) is 1.14. The Kier molecular flexibility index (Phi) is 11.3. The van der Waals surface area contributed by atoms with Crippen LogP contribution in [0.25, 0.3) is 0 Å². The first-order chi connectivity index (χ1) is 11.9. The number of unbranched alkanes of at least 4 members (excludes halogenated alkanes) is 1. The summed E-state index contributed by atoms with van der Waals surface area (Å²) in [6.07, 6.45) is 3.27. The van der Waals surface area contributed by atoms with E-state index in [1.54, 1.807) is 0 Å². The third-order valence-corrected chi connectivity index (χ3v) is 14.1. The van der Waals surface area contributed by atoms with Crippen LogP contribution >= 0.6 is 0 Å². The van der Waals surface area contributed by atoms with Crippen LogP contribution in [-0.2, 0) is 8.85 Å². The SMILES string of the molecule is CCC(C)O[Si](C)(C)CCCCNC(=O)O[Si](C(C)C)(C(C)C)C(C)C. The number of nitrogens with one attached hydrogen (secondary N) is 1. The Labute approximate surface area is 165 Å². The van der Waals surface area contributed by atoms with Crippen molar-refractivity contribution in [3.63, 3.8) is 0 Å². The van der Waals surface area contributed by atoms with Crippen LogP contribution in [0.3, 0.4) is 0 Å². The van der Waals surface area contributed by atoms with Crippen LogP contribution in [-0.4, -0.2) is 35.4 Å². The summed E-state index contributed by atoms with van der Waals surface area (Å²) < 4.78 is 12.3. The van der Waals surface area contributed by atoms with Crippen molar-refractivity contribution in [2.45, 2.75) is 117 Å². The maximum absolute atomic E-state index is 12.4. The number of rotatable bonds is 12. The number of carbonyl (C=O) groups excluding carboxylic acids is 1. The standard InChI is InChI=1S/C20H45NO3Si2/c1-11-19(8)23-25(9,10)15-13-12-14-21-20(22)24-26(16(2)3,17(4)5)18(6)7/h16-19H,11-15H2,1-10H3,(H,21,22). The topological polar surface area (TPSA) is 47.6 Å². The van der Waals surface area contributed by atoms with Crippen molar-refractivity contribution in [1.29, 1.82) is 0 Å². The van der Waals surface area contributed by atoms with Gasteiger partial charge in [0, 0.05) is 12.6 Å². The normalized spacial score (nSPS) is 14.2. The highest BCUT2D eigenvalue weighted by Gasteiger charge is 2.48. The lowest BCUT2D eigenvalue weighted by atomic mass is 10.3. The lowest BCUT2D eigenvalue weighted by Crippen LogP contribution is -2.51. The van der Waals surface area contributed by atoms with Crippen LogP contribution in [0.5, 0.6) is 0 Å². The minimum atomic E-state index is -2.14. The Bertz CT molecular complexity index is 390. The molecule has 156 valence electrons. The lowest BCUT2D eigenvalue weighted by Gasteiger charge is -2.41. The number of hydrogen-bond donors (Lipinski definition) is 1. The van der Waals surface area contributed by atoms with Crippen LogP contribution < -0.4 is 5.32 Å². The maximum atomic E-state index is 12.4. The Balaban J connectivity index is 4.38. The van der Waals surface area contributed by atoms with Gasteiger partial charge in [-0.2, -0.15) is 0 Å². The third kappa shape index (κ3) is 8.13. The highest BCUT2D eigenvalue weighted by molar-refractivity contribution is 6.78. The Morgan fingerprint density at radius 3 is 1.85 bits per heavy atom. The predicted octanol–water partition coefficient (Wildman–Crippen LogP) is 6.69. The van der Waals surface area contributed by atoms with E-state index in [0.29, 0.717) is 29.3 Å². The van der Waals surface area contributed by atoms with E-state index < -0.39 is 16.6 Å². The van der Waals surface area contributed by atoms with Gasteiger partial charge in [0.1, 0.15) is 0 Å². The number of amides is 1. The first kappa shape index (κ1) is 25.7. The van der Waals surface area contributed by atoms with E-state index in [9.17, 15) is 4.79 Å². The quantitative estimate of drug-likeness (QED) is 0.292. The molecule has 0 saturated carbocycles. The van der Waals surface area contributed by atoms with Gasteiger partial charge in [0.15, 0.2) is 8.32 Å². The second-order valence-corrected chi connectivity index (χ2v) is 18.8. The van der Waals surface area contributed by atoms with Crippen LogP contribution in [0.4, 0.5) is 4.79 Å². The third-order valence-electron chi connectivity index (χ3n) is 5.55. The lowest BCUT2D eigenvalue weighted by molar-refractivity contribution is 0.193. The van der Waals surface area contributed by atoms with Gasteiger partial charge in [-0.25, -0.2) is 4.79 Å². The van der Waals surface area contributed by atoms with Crippen LogP contribution in [0, 0.1) is 0 Å². The van der Waals surface area contributed by atoms with Crippen molar-refractivity contribution in [1.82, 2.24) is 5.32 Å². The summed E-state index contributed by atoms with van der Waals surface area (Å²) in [5.74, 6) is 0. The van der Waals surface area contributed by atoms with Gasteiger partial charge in [0.2, 0.25) is 0 Å². The molecule has 0 bridgehead atoms. The fourth-order valence-electron chi connectivity index (χ4n) is 4.10. The highest BCUT2D eigenvalue weighted by atomic mass is 28.4. The summed E-state index contributed by atoms with van der Waals surface area (Å²) in [7, 11) is -3.72. The van der Waals surface area contributed by atoms with Crippen molar-refractivity contribution in [2.24, 2.45) is 0 Å². The molecule has 0 spiro atoms. The largest absolute Gasteiger partial charge is 0.503 e. The molecule has 1 amide bonds. The van der Waals surface area contributed by atoms with E-state index in [4.69, 9.17) is 8.85 Å². The molecule has 1 unspecified atom stereocenters. The predicted molar refractivity (Wildman–Crippen MR) is 118 cm³/mol. The molecule has 0 aliphatic carbocycles. The second-order valence-electron chi connectivity index (χ2n) is 9.19. The second kappa shape index (κ2) is 11.5. The first-order valence-electron chi connectivity index (χ1n) is 10.5. The van der Waals surface area contributed by atoms with E-state index in [1.165, 1.54) is 0 Å². The number of carbonyl (C=O) groups is 1. The monoisotopic (exact) mass is 403 g/mol. The molecule has 0 aromatic carbocycles. The average molecular weight is 404 g/mol. The molecule has 0 heterocycles. The average Bonchev–Trinajstić information content (AvgIpc) is 2.50.